The van der Waals surface area contributed by atoms with Crippen LogP contribution in [0.25, 0.3) is 0 Å². The van der Waals surface area contributed by atoms with Gasteiger partial charge in [0.1, 0.15) is 5.75 Å². The highest BCUT2D eigenvalue weighted by Crippen LogP contribution is 2.20. The molecule has 2 N–H and O–H groups in total. The Bertz CT molecular complexity index is 839. The van der Waals surface area contributed by atoms with E-state index in [0.29, 0.717) is 23.0 Å². The number of sulfonamides is 1. The molecule has 0 spiro atoms. The highest BCUT2D eigenvalue weighted by molar-refractivity contribution is 7.89. The van der Waals surface area contributed by atoms with Crippen LogP contribution in [0.5, 0.6) is 5.75 Å². The molecule has 0 aliphatic heterocycles. The number of hydrogen-bond acceptors (Lipinski definition) is 4. The summed E-state index contributed by atoms with van der Waals surface area (Å²) in [6.07, 6.45) is 1.69. The molecule has 2 rings (SSSR count). The van der Waals surface area contributed by atoms with Gasteiger partial charge in [-0.05, 0) is 42.8 Å². The summed E-state index contributed by atoms with van der Waals surface area (Å²) in [5.74, 6) is 0.0304. The fourth-order valence-electron chi connectivity index (χ4n) is 2.08. The minimum atomic E-state index is -3.53. The van der Waals surface area contributed by atoms with Crippen molar-refractivity contribution in [1.82, 2.24) is 4.72 Å². The lowest BCUT2D eigenvalue weighted by Gasteiger charge is -2.10. The van der Waals surface area contributed by atoms with Gasteiger partial charge in [-0.1, -0.05) is 37.1 Å². The molecule has 1 amide bonds. The number of rotatable bonds is 9. The molecule has 0 unspecified atom stereocenters. The Hall–Kier alpha value is -2.09. The third kappa shape index (κ3) is 6.01. The predicted molar refractivity (Wildman–Crippen MR) is 102 cm³/mol. The molecule has 2 aromatic rings. The number of carbonyl (C=O) groups is 1. The molecule has 0 fully saturated rings. The van der Waals surface area contributed by atoms with Gasteiger partial charge in [-0.2, -0.15) is 0 Å². The molecule has 0 aliphatic rings. The number of unbranched alkanes of at least 4 members (excludes halogenated alkanes) is 1. The molecular formula is C18H21ClN2O4S. The first-order valence-corrected chi connectivity index (χ1v) is 10.1. The van der Waals surface area contributed by atoms with Gasteiger partial charge in [0.05, 0.1) is 15.6 Å². The van der Waals surface area contributed by atoms with E-state index in [9.17, 15) is 13.2 Å². The van der Waals surface area contributed by atoms with Gasteiger partial charge < -0.3 is 10.1 Å². The first-order valence-electron chi connectivity index (χ1n) is 8.19. The number of anilines is 1. The van der Waals surface area contributed by atoms with Gasteiger partial charge in [0.25, 0.3) is 5.91 Å². The van der Waals surface area contributed by atoms with Crippen molar-refractivity contribution in [2.24, 2.45) is 0 Å². The van der Waals surface area contributed by atoms with Crippen molar-refractivity contribution < 1.29 is 17.9 Å². The number of hydrogen-bond donors (Lipinski definition) is 2. The lowest BCUT2D eigenvalue weighted by Crippen LogP contribution is -2.24. The lowest BCUT2D eigenvalue weighted by molar-refractivity contribution is -0.118. The number of ether oxygens (including phenoxy) is 1. The molecule has 0 saturated carbocycles. The van der Waals surface area contributed by atoms with E-state index in [1.165, 1.54) is 24.3 Å². The fraction of sp³-hybridized carbons (Fsp3) is 0.278. The standard InChI is InChI=1S/C18H21ClN2O4S/c1-2-3-12-20-26(23,24)15-10-8-14(9-11-15)25-13-18(22)21-17-7-5-4-6-16(17)19/h4-11,20H,2-3,12-13H2,1H3,(H,21,22). The van der Waals surface area contributed by atoms with E-state index < -0.39 is 10.0 Å². The predicted octanol–water partition coefficient (Wildman–Crippen LogP) is 3.44. The number of para-hydroxylation sites is 1. The van der Waals surface area contributed by atoms with Gasteiger partial charge in [0.2, 0.25) is 10.0 Å². The Morgan fingerprint density at radius 2 is 1.81 bits per heavy atom. The number of halogens is 1. The summed E-state index contributed by atoms with van der Waals surface area (Å²) in [4.78, 5) is 12.1. The largest absolute Gasteiger partial charge is 0.484 e. The first-order chi connectivity index (χ1) is 12.4. The second-order valence-corrected chi connectivity index (χ2v) is 7.71. The van der Waals surface area contributed by atoms with E-state index >= 15 is 0 Å². The van der Waals surface area contributed by atoms with Crippen molar-refractivity contribution >= 4 is 33.2 Å². The smallest absolute Gasteiger partial charge is 0.262 e. The summed E-state index contributed by atoms with van der Waals surface area (Å²) >= 11 is 5.97. The fourth-order valence-corrected chi connectivity index (χ4v) is 3.34. The molecule has 140 valence electrons. The van der Waals surface area contributed by atoms with Crippen LogP contribution in [-0.2, 0) is 14.8 Å². The van der Waals surface area contributed by atoms with Crippen LogP contribution in [0.2, 0.25) is 5.02 Å². The number of nitrogens with one attached hydrogen (secondary N) is 2. The van der Waals surface area contributed by atoms with Gasteiger partial charge in [0, 0.05) is 6.54 Å². The molecule has 0 heterocycles. The van der Waals surface area contributed by atoms with E-state index in [4.69, 9.17) is 16.3 Å². The van der Waals surface area contributed by atoms with Crippen LogP contribution in [0.3, 0.4) is 0 Å². The maximum Gasteiger partial charge on any atom is 0.262 e. The van der Waals surface area contributed by atoms with E-state index in [0.717, 1.165) is 12.8 Å². The zero-order valence-corrected chi connectivity index (χ0v) is 15.9. The van der Waals surface area contributed by atoms with Crippen LogP contribution in [0.15, 0.2) is 53.4 Å². The van der Waals surface area contributed by atoms with E-state index in [1.807, 2.05) is 6.92 Å². The summed E-state index contributed by atoms with van der Waals surface area (Å²) in [6, 6.07) is 12.8. The van der Waals surface area contributed by atoms with Crippen molar-refractivity contribution in [3.63, 3.8) is 0 Å². The highest BCUT2D eigenvalue weighted by Gasteiger charge is 2.13. The second kappa shape index (κ2) is 9.56. The SMILES string of the molecule is CCCCNS(=O)(=O)c1ccc(OCC(=O)Nc2ccccc2Cl)cc1. The summed E-state index contributed by atoms with van der Waals surface area (Å²) < 4.78 is 32.1. The van der Waals surface area contributed by atoms with Crippen LogP contribution >= 0.6 is 11.6 Å². The second-order valence-electron chi connectivity index (χ2n) is 5.54. The van der Waals surface area contributed by atoms with Gasteiger partial charge in [-0.25, -0.2) is 13.1 Å². The molecule has 6 nitrogen and oxygen atoms in total. The zero-order valence-electron chi connectivity index (χ0n) is 14.4. The monoisotopic (exact) mass is 396 g/mol. The Kier molecular flexibility index (Phi) is 7.44. The molecule has 0 radical (unpaired) electrons. The third-order valence-corrected chi connectivity index (χ3v) is 5.28. The Labute approximate surface area is 158 Å². The van der Waals surface area contributed by atoms with Gasteiger partial charge in [-0.15, -0.1) is 0 Å². The van der Waals surface area contributed by atoms with Crippen molar-refractivity contribution in [2.75, 3.05) is 18.5 Å². The number of amides is 1. The van der Waals surface area contributed by atoms with Crippen molar-refractivity contribution in [2.45, 2.75) is 24.7 Å². The number of benzene rings is 2. The van der Waals surface area contributed by atoms with Gasteiger partial charge >= 0.3 is 0 Å². The molecule has 8 heteroatoms. The van der Waals surface area contributed by atoms with Crippen molar-refractivity contribution in [3.8, 4) is 5.75 Å². The lowest BCUT2D eigenvalue weighted by atomic mass is 10.3. The average molecular weight is 397 g/mol. The molecule has 26 heavy (non-hydrogen) atoms. The Morgan fingerprint density at radius 1 is 1.12 bits per heavy atom. The molecule has 0 aromatic heterocycles. The molecule has 2 aromatic carbocycles. The molecule has 0 saturated heterocycles. The Morgan fingerprint density at radius 3 is 2.46 bits per heavy atom. The van der Waals surface area contributed by atoms with Crippen LogP contribution in [0.4, 0.5) is 5.69 Å². The van der Waals surface area contributed by atoms with Crippen LogP contribution in [0.1, 0.15) is 19.8 Å². The zero-order chi connectivity index (χ0) is 19.0. The third-order valence-electron chi connectivity index (χ3n) is 3.47. The normalized spacial score (nSPS) is 11.2. The summed E-state index contributed by atoms with van der Waals surface area (Å²) in [5.41, 5.74) is 0.502. The maximum atomic E-state index is 12.1. The van der Waals surface area contributed by atoms with E-state index in [2.05, 4.69) is 10.0 Å². The van der Waals surface area contributed by atoms with E-state index in [1.54, 1.807) is 24.3 Å². The van der Waals surface area contributed by atoms with Gasteiger partial charge in [-0.3, -0.25) is 4.79 Å². The maximum absolute atomic E-state index is 12.1. The van der Waals surface area contributed by atoms with Crippen LogP contribution < -0.4 is 14.8 Å². The van der Waals surface area contributed by atoms with Crippen molar-refractivity contribution in [3.05, 3.63) is 53.6 Å². The van der Waals surface area contributed by atoms with Crippen LogP contribution in [-0.4, -0.2) is 27.5 Å². The minimum absolute atomic E-state index is 0.154. The topological polar surface area (TPSA) is 84.5 Å². The Balaban J connectivity index is 1.89. The average Bonchev–Trinajstić information content (AvgIpc) is 2.62. The van der Waals surface area contributed by atoms with E-state index in [-0.39, 0.29) is 17.4 Å². The summed E-state index contributed by atoms with van der Waals surface area (Å²) in [6.45, 7) is 2.17. The van der Waals surface area contributed by atoms with Crippen molar-refractivity contribution in [1.29, 1.82) is 0 Å². The molecule has 0 bridgehead atoms. The summed E-state index contributed by atoms with van der Waals surface area (Å²) in [7, 11) is -3.53. The van der Waals surface area contributed by atoms with Crippen LogP contribution in [0, 0.1) is 0 Å². The molecular weight excluding hydrogens is 376 g/mol. The first kappa shape index (κ1) is 20.2. The quantitative estimate of drug-likeness (QED) is 0.636. The minimum Gasteiger partial charge on any atom is -0.484 e. The molecule has 0 aliphatic carbocycles. The number of carbonyl (C=O) groups excluding carboxylic acids is 1. The highest BCUT2D eigenvalue weighted by atomic mass is 35.5. The summed E-state index contributed by atoms with van der Waals surface area (Å²) in [5, 5.41) is 3.08. The van der Waals surface area contributed by atoms with Gasteiger partial charge in [0.15, 0.2) is 6.61 Å². The molecule has 0 atom stereocenters.